The van der Waals surface area contributed by atoms with E-state index in [9.17, 15) is 14.9 Å². The van der Waals surface area contributed by atoms with E-state index in [1.807, 2.05) is 0 Å². The molecule has 1 atom stereocenters. The summed E-state index contributed by atoms with van der Waals surface area (Å²) >= 11 is 0. The molecule has 0 bridgehead atoms. The van der Waals surface area contributed by atoms with Crippen LogP contribution in [-0.4, -0.2) is 23.5 Å². The third-order valence-electron chi connectivity index (χ3n) is 2.01. The van der Waals surface area contributed by atoms with Crippen molar-refractivity contribution in [1.82, 2.24) is 0 Å². The summed E-state index contributed by atoms with van der Waals surface area (Å²) in [5.41, 5.74) is 0.246. The van der Waals surface area contributed by atoms with Gasteiger partial charge in [0.25, 0.3) is 5.69 Å². The molecule has 0 saturated heterocycles. The molecule has 0 heterocycles. The van der Waals surface area contributed by atoms with Crippen molar-refractivity contribution in [2.75, 3.05) is 6.61 Å². The average molecular weight is 251 g/mol. The third kappa shape index (κ3) is 3.93. The number of carbonyl (C=O) groups excluding carboxylic acids is 1. The summed E-state index contributed by atoms with van der Waals surface area (Å²) < 4.78 is 4.75. The topological polar surface area (TPSA) is 94.2 Å². The van der Waals surface area contributed by atoms with E-state index in [0.717, 1.165) is 0 Å². The van der Waals surface area contributed by atoms with Crippen molar-refractivity contribution in [3.8, 4) is 0 Å². The summed E-state index contributed by atoms with van der Waals surface area (Å²) in [6.45, 7) is 3.51. The lowest BCUT2D eigenvalue weighted by atomic mass is 10.3. The molecule has 0 saturated carbocycles. The van der Waals surface area contributed by atoms with Crippen LogP contribution in [0.25, 0.3) is 0 Å². The first-order valence-corrected chi connectivity index (χ1v) is 5.36. The standard InChI is InChI=1S/C11H13N3O4/c1-3-18-11(15)8(2)12-13-9-5-4-6-10(7-9)14(16)17/h4-8H,3H2,1-2H3. The van der Waals surface area contributed by atoms with Crippen LogP contribution >= 0.6 is 0 Å². The van der Waals surface area contributed by atoms with Crippen molar-refractivity contribution < 1.29 is 14.5 Å². The van der Waals surface area contributed by atoms with Gasteiger partial charge < -0.3 is 4.74 Å². The van der Waals surface area contributed by atoms with Crippen molar-refractivity contribution in [3.05, 3.63) is 34.4 Å². The summed E-state index contributed by atoms with van der Waals surface area (Å²) in [6.07, 6.45) is 0. The van der Waals surface area contributed by atoms with Crippen LogP contribution in [0.5, 0.6) is 0 Å². The fourth-order valence-electron chi connectivity index (χ4n) is 1.13. The maximum Gasteiger partial charge on any atom is 0.332 e. The van der Waals surface area contributed by atoms with Crippen LogP contribution in [0.2, 0.25) is 0 Å². The highest BCUT2D eigenvalue weighted by atomic mass is 16.6. The minimum atomic E-state index is -0.732. The van der Waals surface area contributed by atoms with Gasteiger partial charge >= 0.3 is 5.97 Å². The molecular weight excluding hydrogens is 238 g/mol. The fourth-order valence-corrected chi connectivity index (χ4v) is 1.13. The lowest BCUT2D eigenvalue weighted by Crippen LogP contribution is -2.17. The van der Waals surface area contributed by atoms with E-state index < -0.39 is 16.9 Å². The van der Waals surface area contributed by atoms with E-state index in [1.165, 1.54) is 18.2 Å². The van der Waals surface area contributed by atoms with Crippen LogP contribution in [0.1, 0.15) is 13.8 Å². The first-order chi connectivity index (χ1) is 8.54. The molecule has 0 aromatic heterocycles. The van der Waals surface area contributed by atoms with E-state index in [4.69, 9.17) is 4.74 Å². The summed E-state index contributed by atoms with van der Waals surface area (Å²) in [5.74, 6) is -0.480. The summed E-state index contributed by atoms with van der Waals surface area (Å²) in [7, 11) is 0. The zero-order valence-electron chi connectivity index (χ0n) is 10.1. The summed E-state index contributed by atoms with van der Waals surface area (Å²) in [6, 6.07) is 4.97. The third-order valence-corrected chi connectivity index (χ3v) is 2.01. The fraction of sp³-hybridized carbons (Fsp3) is 0.364. The minimum absolute atomic E-state index is 0.0739. The van der Waals surface area contributed by atoms with Crippen molar-refractivity contribution in [2.45, 2.75) is 19.9 Å². The van der Waals surface area contributed by atoms with Gasteiger partial charge in [0, 0.05) is 12.1 Å². The van der Waals surface area contributed by atoms with E-state index in [1.54, 1.807) is 19.9 Å². The number of rotatable bonds is 5. The Morgan fingerprint density at radius 3 is 2.89 bits per heavy atom. The number of carbonyl (C=O) groups is 1. The molecule has 18 heavy (non-hydrogen) atoms. The molecule has 0 spiro atoms. The van der Waals surface area contributed by atoms with E-state index >= 15 is 0 Å². The second-order valence-corrected chi connectivity index (χ2v) is 3.42. The molecule has 1 aromatic rings. The molecule has 7 heteroatoms. The second kappa shape index (κ2) is 6.43. The van der Waals surface area contributed by atoms with Crippen LogP contribution in [0, 0.1) is 10.1 Å². The van der Waals surface area contributed by atoms with Gasteiger partial charge in [-0.05, 0) is 19.9 Å². The van der Waals surface area contributed by atoms with E-state index in [0.29, 0.717) is 5.69 Å². The number of ether oxygens (including phenoxy) is 1. The summed E-state index contributed by atoms with van der Waals surface area (Å²) in [4.78, 5) is 21.3. The van der Waals surface area contributed by atoms with Gasteiger partial charge in [-0.25, -0.2) is 4.79 Å². The maximum absolute atomic E-state index is 11.3. The SMILES string of the molecule is CCOC(=O)C(C)N=Nc1cccc([N+](=O)[O-])c1. The van der Waals surface area contributed by atoms with Gasteiger partial charge in [-0.15, -0.1) is 0 Å². The Hall–Kier alpha value is -2.31. The molecular formula is C11H13N3O4. The van der Waals surface area contributed by atoms with Crippen LogP contribution in [0.4, 0.5) is 11.4 Å². The Labute approximate surface area is 104 Å². The highest BCUT2D eigenvalue weighted by Gasteiger charge is 2.12. The van der Waals surface area contributed by atoms with Crippen LogP contribution < -0.4 is 0 Å². The van der Waals surface area contributed by atoms with E-state index in [-0.39, 0.29) is 12.3 Å². The predicted molar refractivity (Wildman–Crippen MR) is 63.7 cm³/mol. The van der Waals surface area contributed by atoms with Crippen LogP contribution in [-0.2, 0) is 9.53 Å². The number of hydrogen-bond acceptors (Lipinski definition) is 6. The Bertz CT molecular complexity index is 473. The van der Waals surface area contributed by atoms with Gasteiger partial charge in [0.2, 0.25) is 0 Å². The highest BCUT2D eigenvalue weighted by Crippen LogP contribution is 2.20. The van der Waals surface area contributed by atoms with Gasteiger partial charge in [0.1, 0.15) is 0 Å². The average Bonchev–Trinajstić information content (AvgIpc) is 2.36. The molecule has 0 aliphatic carbocycles. The zero-order valence-corrected chi connectivity index (χ0v) is 10.1. The van der Waals surface area contributed by atoms with Crippen molar-refractivity contribution in [3.63, 3.8) is 0 Å². The van der Waals surface area contributed by atoms with Crippen molar-refractivity contribution in [1.29, 1.82) is 0 Å². The number of nitro benzene ring substituents is 1. The molecule has 0 aliphatic rings. The van der Waals surface area contributed by atoms with Crippen molar-refractivity contribution >= 4 is 17.3 Å². The molecule has 7 nitrogen and oxygen atoms in total. The van der Waals surface area contributed by atoms with Crippen LogP contribution in [0.15, 0.2) is 34.5 Å². The summed E-state index contributed by atoms with van der Waals surface area (Å²) in [5, 5.41) is 18.1. The van der Waals surface area contributed by atoms with Crippen LogP contribution in [0.3, 0.4) is 0 Å². The molecule has 0 fully saturated rings. The largest absolute Gasteiger partial charge is 0.464 e. The Morgan fingerprint density at radius 2 is 2.28 bits per heavy atom. The van der Waals surface area contributed by atoms with Gasteiger partial charge in [0.15, 0.2) is 6.04 Å². The molecule has 1 rings (SSSR count). The number of esters is 1. The number of azo groups is 1. The predicted octanol–water partition coefficient (Wildman–Crippen LogP) is 2.63. The smallest absolute Gasteiger partial charge is 0.332 e. The first-order valence-electron chi connectivity index (χ1n) is 5.36. The monoisotopic (exact) mass is 251 g/mol. The zero-order chi connectivity index (χ0) is 13.5. The second-order valence-electron chi connectivity index (χ2n) is 3.42. The highest BCUT2D eigenvalue weighted by molar-refractivity contribution is 5.75. The van der Waals surface area contributed by atoms with Gasteiger partial charge in [-0.1, -0.05) is 6.07 Å². The molecule has 1 aromatic carbocycles. The number of nitro groups is 1. The normalized spacial score (nSPS) is 12.3. The maximum atomic E-state index is 11.3. The molecule has 96 valence electrons. The molecule has 0 radical (unpaired) electrons. The molecule has 0 aliphatic heterocycles. The van der Waals surface area contributed by atoms with Gasteiger partial charge in [-0.3, -0.25) is 10.1 Å². The quantitative estimate of drug-likeness (QED) is 0.348. The Balaban J connectivity index is 2.75. The first kappa shape index (κ1) is 13.8. The lowest BCUT2D eigenvalue weighted by molar-refractivity contribution is -0.384. The molecule has 0 amide bonds. The number of non-ortho nitro benzene ring substituents is 1. The minimum Gasteiger partial charge on any atom is -0.464 e. The molecule has 0 N–H and O–H groups in total. The Morgan fingerprint density at radius 1 is 1.56 bits per heavy atom. The number of nitrogens with zero attached hydrogens (tertiary/aromatic N) is 3. The molecule has 1 unspecified atom stereocenters. The van der Waals surface area contributed by atoms with Gasteiger partial charge in [0.05, 0.1) is 17.2 Å². The number of benzene rings is 1. The Kier molecular flexibility index (Phi) is 4.91. The van der Waals surface area contributed by atoms with E-state index in [2.05, 4.69) is 10.2 Å². The van der Waals surface area contributed by atoms with Gasteiger partial charge in [-0.2, -0.15) is 10.2 Å². The van der Waals surface area contributed by atoms with Crippen molar-refractivity contribution in [2.24, 2.45) is 10.2 Å². The number of hydrogen-bond donors (Lipinski definition) is 0. The lowest BCUT2D eigenvalue weighted by Gasteiger charge is -2.03.